The number of methoxy groups -OCH3 is 1. The largest absolute Gasteiger partial charge is 0.497 e. The lowest BCUT2D eigenvalue weighted by Crippen LogP contribution is -1.89. The summed E-state index contributed by atoms with van der Waals surface area (Å²) in [7, 11) is 1.64. The second kappa shape index (κ2) is 4.98. The number of hydrogen-bond donors (Lipinski definition) is 1. The van der Waals surface area contributed by atoms with Gasteiger partial charge in [-0.05, 0) is 40.8 Å². The lowest BCUT2D eigenvalue weighted by atomic mass is 10.0. The molecule has 3 nitrogen and oxygen atoms in total. The van der Waals surface area contributed by atoms with Crippen LogP contribution >= 0.6 is 11.3 Å². The predicted octanol–water partition coefficient (Wildman–Crippen LogP) is 4.28. The summed E-state index contributed by atoms with van der Waals surface area (Å²) in [4.78, 5) is 11.4. The van der Waals surface area contributed by atoms with E-state index >= 15 is 0 Å². The van der Waals surface area contributed by atoms with Crippen LogP contribution < -0.4 is 4.74 Å². The molecule has 0 spiro atoms. The summed E-state index contributed by atoms with van der Waals surface area (Å²) in [5, 5.41) is 9.99. The Morgan fingerprint density at radius 2 is 1.75 bits per heavy atom. The number of carboxylic acids is 1. The Kier molecular flexibility index (Phi) is 3.16. The van der Waals surface area contributed by atoms with Crippen molar-refractivity contribution in [2.45, 2.75) is 0 Å². The molecule has 4 heteroatoms. The molecule has 20 heavy (non-hydrogen) atoms. The van der Waals surface area contributed by atoms with Crippen LogP contribution in [0.4, 0.5) is 0 Å². The van der Waals surface area contributed by atoms with Gasteiger partial charge in [0.1, 0.15) is 10.6 Å². The van der Waals surface area contributed by atoms with Crippen LogP contribution in [0.2, 0.25) is 0 Å². The minimum absolute atomic E-state index is 0.367. The van der Waals surface area contributed by atoms with Crippen LogP contribution in [0, 0.1) is 0 Å². The lowest BCUT2D eigenvalue weighted by Gasteiger charge is -2.04. The van der Waals surface area contributed by atoms with Gasteiger partial charge in [0, 0.05) is 4.70 Å². The summed E-state index contributed by atoms with van der Waals surface area (Å²) in [5.74, 6) is -0.0590. The summed E-state index contributed by atoms with van der Waals surface area (Å²) in [6.07, 6.45) is 0. The van der Waals surface area contributed by atoms with Crippen molar-refractivity contribution in [2.75, 3.05) is 7.11 Å². The molecule has 1 heterocycles. The quantitative estimate of drug-likeness (QED) is 0.781. The molecule has 3 aromatic rings. The molecule has 1 aromatic heterocycles. The van der Waals surface area contributed by atoms with E-state index in [1.807, 2.05) is 42.5 Å². The van der Waals surface area contributed by atoms with Crippen molar-refractivity contribution in [3.8, 4) is 16.9 Å². The number of rotatable bonds is 3. The molecule has 0 aliphatic rings. The van der Waals surface area contributed by atoms with Crippen molar-refractivity contribution in [3.05, 3.63) is 53.4 Å². The average molecular weight is 284 g/mol. The fourth-order valence-corrected chi connectivity index (χ4v) is 3.04. The molecule has 0 amide bonds. The molecule has 0 saturated carbocycles. The number of ether oxygens (including phenoxy) is 1. The van der Waals surface area contributed by atoms with E-state index in [4.69, 9.17) is 9.84 Å². The molecule has 100 valence electrons. The average Bonchev–Trinajstić information content (AvgIpc) is 2.90. The van der Waals surface area contributed by atoms with Crippen LogP contribution in [-0.4, -0.2) is 18.2 Å². The highest BCUT2D eigenvalue weighted by atomic mass is 32.1. The second-order valence-electron chi connectivity index (χ2n) is 4.40. The van der Waals surface area contributed by atoms with Crippen molar-refractivity contribution >= 4 is 27.4 Å². The third kappa shape index (κ3) is 2.26. The van der Waals surface area contributed by atoms with Gasteiger partial charge in [0.05, 0.1) is 7.11 Å². The topological polar surface area (TPSA) is 46.5 Å². The number of thiophene rings is 1. The smallest absolute Gasteiger partial charge is 0.345 e. The number of benzene rings is 2. The Morgan fingerprint density at radius 3 is 2.40 bits per heavy atom. The minimum Gasteiger partial charge on any atom is -0.497 e. The lowest BCUT2D eigenvalue weighted by molar-refractivity contribution is 0.0702. The van der Waals surface area contributed by atoms with E-state index in [-0.39, 0.29) is 0 Å². The van der Waals surface area contributed by atoms with Crippen molar-refractivity contribution in [2.24, 2.45) is 0 Å². The molecular formula is C16H12O3S. The van der Waals surface area contributed by atoms with Crippen molar-refractivity contribution in [1.82, 2.24) is 0 Å². The van der Waals surface area contributed by atoms with Crippen LogP contribution in [0.25, 0.3) is 21.2 Å². The molecule has 2 aromatic carbocycles. The molecule has 0 atom stereocenters. The monoisotopic (exact) mass is 284 g/mol. The molecule has 0 unspecified atom stereocenters. The molecule has 0 fully saturated rings. The van der Waals surface area contributed by atoms with Crippen molar-refractivity contribution < 1.29 is 14.6 Å². The van der Waals surface area contributed by atoms with Gasteiger partial charge in [0.2, 0.25) is 0 Å². The number of fused-ring (bicyclic) bond motifs is 1. The number of carboxylic acid groups (broad SMARTS) is 1. The molecule has 0 bridgehead atoms. The van der Waals surface area contributed by atoms with Crippen LogP contribution in [-0.2, 0) is 0 Å². The standard InChI is InChI=1S/C16H12O3S/c1-19-13-6-4-10(5-7-13)11-2-3-12-9-15(16(17)18)20-14(12)8-11/h2-9H,1H3,(H,17,18). The van der Waals surface area contributed by atoms with Gasteiger partial charge in [0.25, 0.3) is 0 Å². The maximum absolute atomic E-state index is 11.0. The number of aromatic carboxylic acids is 1. The fourth-order valence-electron chi connectivity index (χ4n) is 2.10. The maximum Gasteiger partial charge on any atom is 0.345 e. The van der Waals surface area contributed by atoms with E-state index in [0.717, 1.165) is 27.0 Å². The first-order chi connectivity index (χ1) is 9.67. The van der Waals surface area contributed by atoms with Crippen molar-refractivity contribution in [1.29, 1.82) is 0 Å². The summed E-state index contributed by atoms with van der Waals surface area (Å²) in [6.45, 7) is 0. The normalized spacial score (nSPS) is 10.7. The molecular weight excluding hydrogens is 272 g/mol. The van der Waals surface area contributed by atoms with Gasteiger partial charge >= 0.3 is 5.97 Å². The third-order valence-corrected chi connectivity index (χ3v) is 4.24. The Morgan fingerprint density at radius 1 is 1.05 bits per heavy atom. The van der Waals surface area contributed by atoms with Crippen LogP contribution in [0.3, 0.4) is 0 Å². The zero-order valence-corrected chi connectivity index (χ0v) is 11.6. The Labute approximate surface area is 120 Å². The van der Waals surface area contributed by atoms with E-state index in [2.05, 4.69) is 0 Å². The van der Waals surface area contributed by atoms with Crippen LogP contribution in [0.5, 0.6) is 5.75 Å². The van der Waals surface area contributed by atoms with Gasteiger partial charge in [0.15, 0.2) is 0 Å². The summed E-state index contributed by atoms with van der Waals surface area (Å²) < 4.78 is 6.12. The van der Waals surface area contributed by atoms with Gasteiger partial charge in [-0.25, -0.2) is 4.79 Å². The molecule has 3 rings (SSSR count). The van der Waals surface area contributed by atoms with Gasteiger partial charge < -0.3 is 9.84 Å². The van der Waals surface area contributed by atoms with Gasteiger partial charge in [-0.3, -0.25) is 0 Å². The first-order valence-corrected chi connectivity index (χ1v) is 6.90. The van der Waals surface area contributed by atoms with Gasteiger partial charge in [-0.2, -0.15) is 0 Å². The third-order valence-electron chi connectivity index (χ3n) is 3.15. The zero-order valence-electron chi connectivity index (χ0n) is 10.8. The first-order valence-electron chi connectivity index (χ1n) is 6.09. The summed E-state index contributed by atoms with van der Waals surface area (Å²) >= 11 is 1.30. The second-order valence-corrected chi connectivity index (χ2v) is 5.48. The molecule has 0 radical (unpaired) electrons. The highest BCUT2D eigenvalue weighted by Gasteiger charge is 2.09. The van der Waals surface area contributed by atoms with E-state index in [0.29, 0.717) is 4.88 Å². The summed E-state index contributed by atoms with van der Waals surface area (Å²) in [6, 6.07) is 15.5. The maximum atomic E-state index is 11.0. The van der Waals surface area contributed by atoms with Crippen molar-refractivity contribution in [3.63, 3.8) is 0 Å². The molecule has 1 N–H and O–H groups in total. The van der Waals surface area contributed by atoms with Crippen LogP contribution in [0.15, 0.2) is 48.5 Å². The van der Waals surface area contributed by atoms with E-state index in [1.54, 1.807) is 13.2 Å². The first kappa shape index (κ1) is 12.7. The van der Waals surface area contributed by atoms with E-state index in [1.165, 1.54) is 11.3 Å². The molecule has 0 aliphatic carbocycles. The van der Waals surface area contributed by atoms with E-state index in [9.17, 15) is 4.79 Å². The molecule has 0 aliphatic heterocycles. The Bertz CT molecular complexity index is 772. The highest BCUT2D eigenvalue weighted by molar-refractivity contribution is 7.20. The fraction of sp³-hybridized carbons (Fsp3) is 0.0625. The van der Waals surface area contributed by atoms with Crippen LogP contribution in [0.1, 0.15) is 9.67 Å². The Balaban J connectivity index is 2.04. The zero-order chi connectivity index (χ0) is 14.1. The highest BCUT2D eigenvalue weighted by Crippen LogP contribution is 2.31. The number of hydrogen-bond acceptors (Lipinski definition) is 3. The van der Waals surface area contributed by atoms with Gasteiger partial charge in [-0.15, -0.1) is 11.3 Å². The van der Waals surface area contributed by atoms with E-state index < -0.39 is 5.97 Å². The SMILES string of the molecule is COc1ccc(-c2ccc3cc(C(=O)O)sc3c2)cc1. The Hall–Kier alpha value is -2.33. The number of carbonyl (C=O) groups is 1. The predicted molar refractivity (Wildman–Crippen MR) is 80.8 cm³/mol. The summed E-state index contributed by atoms with van der Waals surface area (Å²) in [5.41, 5.74) is 2.15. The molecule has 0 saturated heterocycles. The van der Waals surface area contributed by atoms with Gasteiger partial charge in [-0.1, -0.05) is 24.3 Å². The minimum atomic E-state index is -0.878.